The molecular formula is C7H10AlO. The summed E-state index contributed by atoms with van der Waals surface area (Å²) in [5.41, 5.74) is 0.854. The molecule has 1 aromatic rings. The van der Waals surface area contributed by atoms with Crippen LogP contribution in [-0.2, 0) is 11.7 Å². The van der Waals surface area contributed by atoms with Crippen LogP contribution in [0.15, 0.2) is 30.3 Å². The molecule has 1 rings (SSSR count). The molecule has 0 spiro atoms. The third kappa shape index (κ3) is 2.67. The SMILES string of the molecule is [AlH3].[O]Cc1ccccc1. The molecule has 0 aliphatic rings. The molecule has 0 saturated carbocycles. The number of hydrogen-bond donors (Lipinski definition) is 0. The Kier molecular flexibility index (Phi) is 4.43. The van der Waals surface area contributed by atoms with E-state index in [9.17, 15) is 5.11 Å². The van der Waals surface area contributed by atoms with Gasteiger partial charge in [0.1, 0.15) is 6.61 Å². The molecule has 0 aromatic heterocycles. The number of rotatable bonds is 1. The van der Waals surface area contributed by atoms with Crippen LogP contribution in [0.3, 0.4) is 0 Å². The Morgan fingerprint density at radius 1 is 1.11 bits per heavy atom. The van der Waals surface area contributed by atoms with Crippen LogP contribution in [0, 0.1) is 0 Å². The van der Waals surface area contributed by atoms with Gasteiger partial charge >= 0.3 is 0 Å². The van der Waals surface area contributed by atoms with Gasteiger partial charge in [0.2, 0.25) is 0 Å². The summed E-state index contributed by atoms with van der Waals surface area (Å²) >= 11 is 0. The van der Waals surface area contributed by atoms with Gasteiger partial charge in [-0.3, -0.25) is 0 Å². The Bertz CT molecular complexity index is 150. The summed E-state index contributed by atoms with van der Waals surface area (Å²) in [5, 5.41) is 10.1. The normalized spacial score (nSPS) is 8.11. The van der Waals surface area contributed by atoms with E-state index in [1.54, 1.807) is 0 Å². The third-order valence-electron chi connectivity index (χ3n) is 1.01. The molecule has 0 N–H and O–H groups in total. The maximum Gasteiger partial charge on any atom is 0.187 e. The summed E-state index contributed by atoms with van der Waals surface area (Å²) in [4.78, 5) is 0. The van der Waals surface area contributed by atoms with Crippen LogP contribution in [0.1, 0.15) is 5.56 Å². The molecule has 0 fully saturated rings. The standard InChI is InChI=1S/C7H7O.Al.3H/c8-6-7-4-2-1-3-5-7;;;;/h1-5H,6H2;;;;. The topological polar surface area (TPSA) is 19.9 Å². The van der Waals surface area contributed by atoms with Crippen molar-refractivity contribution in [2.24, 2.45) is 0 Å². The molecule has 1 nitrogen and oxygen atoms in total. The average Bonchev–Trinajstić information content (AvgIpc) is 1.90. The van der Waals surface area contributed by atoms with Crippen molar-refractivity contribution in [1.29, 1.82) is 0 Å². The van der Waals surface area contributed by atoms with Crippen molar-refractivity contribution in [3.05, 3.63) is 35.9 Å². The van der Waals surface area contributed by atoms with Gasteiger partial charge in [-0.1, -0.05) is 30.3 Å². The lowest BCUT2D eigenvalue weighted by atomic mass is 10.2. The molecule has 1 radical (unpaired) electrons. The molecule has 0 aliphatic heterocycles. The number of benzene rings is 1. The van der Waals surface area contributed by atoms with Gasteiger partial charge in [-0.25, -0.2) is 5.11 Å². The van der Waals surface area contributed by atoms with Gasteiger partial charge in [-0.05, 0) is 5.56 Å². The van der Waals surface area contributed by atoms with Gasteiger partial charge in [0.05, 0.1) is 0 Å². The zero-order valence-electron chi connectivity index (χ0n) is 4.50. The molecule has 1 aromatic carbocycles. The highest BCUT2D eigenvalue weighted by molar-refractivity contribution is 5.75. The van der Waals surface area contributed by atoms with Crippen LogP contribution in [0.25, 0.3) is 0 Å². The highest BCUT2D eigenvalue weighted by atomic mass is 27.0. The first-order chi connectivity index (χ1) is 3.93. The molecule has 0 atom stereocenters. The molecule has 0 bridgehead atoms. The predicted octanol–water partition coefficient (Wildman–Crippen LogP) is 0.433. The Hall–Kier alpha value is -0.288. The fourth-order valence-corrected chi connectivity index (χ4v) is 0.574. The maximum absolute atomic E-state index is 10.1. The monoisotopic (exact) mass is 137 g/mol. The highest BCUT2D eigenvalue weighted by Crippen LogP contribution is 1.95. The molecule has 0 aliphatic carbocycles. The van der Waals surface area contributed by atoms with Crippen LogP contribution < -0.4 is 0 Å². The maximum atomic E-state index is 10.1. The van der Waals surface area contributed by atoms with Gasteiger partial charge in [-0.15, -0.1) is 0 Å². The van der Waals surface area contributed by atoms with E-state index in [4.69, 9.17) is 0 Å². The zero-order chi connectivity index (χ0) is 5.82. The van der Waals surface area contributed by atoms with Crippen LogP contribution in [-0.4, -0.2) is 17.4 Å². The fraction of sp³-hybridized carbons (Fsp3) is 0.143. The molecular weight excluding hydrogens is 127 g/mol. The molecule has 0 heterocycles. The largest absolute Gasteiger partial charge is 0.232 e. The van der Waals surface area contributed by atoms with Crippen molar-refractivity contribution < 1.29 is 5.11 Å². The van der Waals surface area contributed by atoms with Crippen molar-refractivity contribution in [3.8, 4) is 0 Å². The molecule has 2 heteroatoms. The van der Waals surface area contributed by atoms with E-state index in [0.717, 1.165) is 5.56 Å². The van der Waals surface area contributed by atoms with Gasteiger partial charge in [0.25, 0.3) is 0 Å². The highest BCUT2D eigenvalue weighted by Gasteiger charge is 1.82. The van der Waals surface area contributed by atoms with Gasteiger partial charge < -0.3 is 0 Å². The lowest BCUT2D eigenvalue weighted by Crippen LogP contribution is -1.75. The van der Waals surface area contributed by atoms with Gasteiger partial charge in [-0.2, -0.15) is 0 Å². The Labute approximate surface area is 65.5 Å². The first kappa shape index (κ1) is 8.71. The lowest BCUT2D eigenvalue weighted by molar-refractivity contribution is 0.177. The smallest absolute Gasteiger partial charge is 0.187 e. The minimum atomic E-state index is -0.110. The number of hydrogen-bond acceptors (Lipinski definition) is 0. The molecule has 0 saturated heterocycles. The van der Waals surface area contributed by atoms with E-state index in [0.29, 0.717) is 0 Å². The van der Waals surface area contributed by atoms with Crippen LogP contribution in [0.4, 0.5) is 0 Å². The van der Waals surface area contributed by atoms with Gasteiger partial charge in [0, 0.05) is 0 Å². The van der Waals surface area contributed by atoms with E-state index in [2.05, 4.69) is 0 Å². The van der Waals surface area contributed by atoms with Crippen molar-refractivity contribution in [3.63, 3.8) is 0 Å². The van der Waals surface area contributed by atoms with Crippen LogP contribution in [0.2, 0.25) is 0 Å². The average molecular weight is 137 g/mol. The molecule has 47 valence electrons. The van der Waals surface area contributed by atoms with E-state index < -0.39 is 0 Å². The Morgan fingerprint density at radius 2 is 1.67 bits per heavy atom. The zero-order valence-corrected chi connectivity index (χ0v) is 4.50. The summed E-state index contributed by atoms with van der Waals surface area (Å²) in [6.07, 6.45) is 0. The summed E-state index contributed by atoms with van der Waals surface area (Å²) < 4.78 is 0. The first-order valence-electron chi connectivity index (χ1n) is 2.55. The van der Waals surface area contributed by atoms with Crippen molar-refractivity contribution in [1.82, 2.24) is 0 Å². The second-order valence-corrected chi connectivity index (χ2v) is 1.63. The Morgan fingerprint density at radius 3 is 2.00 bits per heavy atom. The summed E-state index contributed by atoms with van der Waals surface area (Å²) in [5.74, 6) is 0. The minimum absolute atomic E-state index is 0. The lowest BCUT2D eigenvalue weighted by Gasteiger charge is -1.87. The summed E-state index contributed by atoms with van der Waals surface area (Å²) in [6.45, 7) is -0.110. The van der Waals surface area contributed by atoms with Crippen molar-refractivity contribution >= 4 is 17.4 Å². The molecule has 0 amide bonds. The Balaban J connectivity index is 0.000000640. The van der Waals surface area contributed by atoms with E-state index in [-0.39, 0.29) is 24.0 Å². The summed E-state index contributed by atoms with van der Waals surface area (Å²) in [6, 6.07) is 9.29. The molecule has 0 unspecified atom stereocenters. The van der Waals surface area contributed by atoms with E-state index >= 15 is 0 Å². The molecule has 9 heavy (non-hydrogen) atoms. The van der Waals surface area contributed by atoms with Gasteiger partial charge in [0.15, 0.2) is 17.4 Å². The van der Waals surface area contributed by atoms with Crippen LogP contribution >= 0.6 is 0 Å². The predicted molar refractivity (Wildman–Crippen MR) is 40.8 cm³/mol. The quantitative estimate of drug-likeness (QED) is 0.500. The second kappa shape index (κ2) is 4.58. The first-order valence-corrected chi connectivity index (χ1v) is 2.55. The van der Waals surface area contributed by atoms with E-state index in [1.165, 1.54) is 0 Å². The van der Waals surface area contributed by atoms with Crippen molar-refractivity contribution in [2.45, 2.75) is 6.61 Å². The summed E-state index contributed by atoms with van der Waals surface area (Å²) in [7, 11) is 0. The minimum Gasteiger partial charge on any atom is -0.232 e. The fourth-order valence-electron chi connectivity index (χ4n) is 0.574. The van der Waals surface area contributed by atoms with Crippen molar-refractivity contribution in [2.75, 3.05) is 0 Å². The second-order valence-electron chi connectivity index (χ2n) is 1.63. The van der Waals surface area contributed by atoms with E-state index in [1.807, 2.05) is 30.3 Å². The van der Waals surface area contributed by atoms with Crippen LogP contribution in [0.5, 0.6) is 0 Å². The third-order valence-corrected chi connectivity index (χ3v) is 1.01.